The van der Waals surface area contributed by atoms with Crippen molar-refractivity contribution in [3.05, 3.63) is 59.9 Å². The number of nitrogens with one attached hydrogen (secondary N) is 2. The van der Waals surface area contributed by atoms with Gasteiger partial charge >= 0.3 is 0 Å². The summed E-state index contributed by atoms with van der Waals surface area (Å²) in [6, 6.07) is 14.2. The quantitative estimate of drug-likeness (QED) is 0.456. The van der Waals surface area contributed by atoms with E-state index in [1.807, 2.05) is 43.3 Å². The first-order valence-electron chi connectivity index (χ1n) is 11.2. The van der Waals surface area contributed by atoms with E-state index in [1.54, 1.807) is 6.20 Å². The largest absolute Gasteiger partial charge is 0.487 e. The molecule has 168 valence electrons. The molecule has 31 heavy (non-hydrogen) atoms. The normalized spacial score (nSPS) is 20.1. The van der Waals surface area contributed by atoms with E-state index in [0.717, 1.165) is 60.9 Å². The Bertz CT molecular complexity index is 860. The van der Waals surface area contributed by atoms with Gasteiger partial charge in [0.1, 0.15) is 12.4 Å². The summed E-state index contributed by atoms with van der Waals surface area (Å²) < 4.78 is 18.1. The first-order valence-corrected chi connectivity index (χ1v) is 12.6. The minimum atomic E-state index is -0.724. The Morgan fingerprint density at radius 3 is 2.90 bits per heavy atom. The Labute approximate surface area is 188 Å². The number of guanidine groups is 1. The van der Waals surface area contributed by atoms with Gasteiger partial charge in [-0.15, -0.1) is 0 Å². The molecule has 0 spiro atoms. The molecule has 0 amide bonds. The van der Waals surface area contributed by atoms with Crippen LogP contribution in [-0.2, 0) is 24.0 Å². The molecule has 3 unspecified atom stereocenters. The van der Waals surface area contributed by atoms with Crippen LogP contribution in [0.25, 0.3) is 0 Å². The average molecular weight is 443 g/mol. The maximum absolute atomic E-state index is 12.2. The third kappa shape index (κ3) is 7.65. The van der Waals surface area contributed by atoms with Crippen molar-refractivity contribution in [3.8, 4) is 5.75 Å². The third-order valence-corrected chi connectivity index (χ3v) is 7.14. The summed E-state index contributed by atoms with van der Waals surface area (Å²) >= 11 is 0. The minimum Gasteiger partial charge on any atom is -0.487 e. The number of ether oxygens (including phenoxy) is 1. The van der Waals surface area contributed by atoms with E-state index in [1.165, 1.54) is 0 Å². The van der Waals surface area contributed by atoms with Crippen LogP contribution in [0.4, 0.5) is 0 Å². The predicted octanol–water partition coefficient (Wildman–Crippen LogP) is 3.80. The molecule has 1 aliphatic carbocycles. The van der Waals surface area contributed by atoms with E-state index in [0.29, 0.717) is 24.4 Å². The summed E-state index contributed by atoms with van der Waals surface area (Å²) in [4.78, 5) is 9.07. The first kappa shape index (κ1) is 23.3. The van der Waals surface area contributed by atoms with Crippen LogP contribution in [0.1, 0.15) is 50.8 Å². The molecular weight excluding hydrogens is 408 g/mol. The Kier molecular flexibility index (Phi) is 9.34. The molecule has 1 aromatic heterocycles. The van der Waals surface area contributed by atoms with E-state index in [4.69, 9.17) is 9.73 Å². The van der Waals surface area contributed by atoms with Gasteiger partial charge in [-0.25, -0.2) is 4.99 Å². The molecule has 1 heterocycles. The van der Waals surface area contributed by atoms with E-state index in [-0.39, 0.29) is 0 Å². The van der Waals surface area contributed by atoms with Crippen molar-refractivity contribution in [2.75, 3.05) is 12.3 Å². The van der Waals surface area contributed by atoms with Gasteiger partial charge in [0.25, 0.3) is 0 Å². The van der Waals surface area contributed by atoms with Gasteiger partial charge in [0.05, 0.1) is 12.2 Å². The van der Waals surface area contributed by atoms with Gasteiger partial charge in [-0.3, -0.25) is 9.19 Å². The Balaban J connectivity index is 1.57. The van der Waals surface area contributed by atoms with Crippen molar-refractivity contribution in [1.82, 2.24) is 15.6 Å². The van der Waals surface area contributed by atoms with Gasteiger partial charge in [0.2, 0.25) is 0 Å². The number of benzene rings is 1. The molecule has 1 saturated carbocycles. The van der Waals surface area contributed by atoms with Crippen LogP contribution in [-0.4, -0.2) is 38.7 Å². The van der Waals surface area contributed by atoms with Gasteiger partial charge in [-0.05, 0) is 56.0 Å². The summed E-state index contributed by atoms with van der Waals surface area (Å²) in [5.74, 6) is 2.37. The summed E-state index contributed by atoms with van der Waals surface area (Å²) in [6.45, 7) is 5.88. The molecule has 6 nitrogen and oxygen atoms in total. The maximum Gasteiger partial charge on any atom is 0.191 e. The van der Waals surface area contributed by atoms with Crippen molar-refractivity contribution in [2.24, 2.45) is 4.99 Å². The summed E-state index contributed by atoms with van der Waals surface area (Å²) in [5, 5.41) is 7.20. The highest BCUT2D eigenvalue weighted by atomic mass is 32.2. The van der Waals surface area contributed by atoms with Crippen molar-refractivity contribution < 1.29 is 8.95 Å². The highest BCUT2D eigenvalue weighted by Gasteiger charge is 2.26. The number of aliphatic imine (C=N–C) groups is 1. The molecule has 0 aliphatic heterocycles. The second-order valence-electron chi connectivity index (χ2n) is 7.75. The van der Waals surface area contributed by atoms with Gasteiger partial charge in [0, 0.05) is 40.6 Å². The fraction of sp³-hybridized carbons (Fsp3) is 0.500. The van der Waals surface area contributed by atoms with Gasteiger partial charge in [-0.2, -0.15) is 0 Å². The van der Waals surface area contributed by atoms with Crippen molar-refractivity contribution in [3.63, 3.8) is 0 Å². The molecule has 1 aromatic carbocycles. The molecule has 1 fully saturated rings. The van der Waals surface area contributed by atoms with E-state index >= 15 is 0 Å². The van der Waals surface area contributed by atoms with Gasteiger partial charge < -0.3 is 15.4 Å². The molecule has 3 atom stereocenters. The lowest BCUT2D eigenvalue weighted by molar-refractivity contribution is 0.301. The average Bonchev–Trinajstić information content (AvgIpc) is 2.82. The van der Waals surface area contributed by atoms with E-state index in [9.17, 15) is 4.21 Å². The van der Waals surface area contributed by atoms with Crippen molar-refractivity contribution >= 4 is 16.8 Å². The van der Waals surface area contributed by atoms with Crippen LogP contribution < -0.4 is 15.4 Å². The molecule has 7 heteroatoms. The molecule has 2 N–H and O–H groups in total. The highest BCUT2D eigenvalue weighted by molar-refractivity contribution is 7.85. The summed E-state index contributed by atoms with van der Waals surface area (Å²) in [6.07, 6.45) is 5.99. The number of rotatable bonds is 9. The third-order valence-electron chi connectivity index (χ3n) is 5.40. The van der Waals surface area contributed by atoms with Crippen LogP contribution >= 0.6 is 0 Å². The Morgan fingerprint density at radius 1 is 1.23 bits per heavy atom. The molecule has 2 aromatic rings. The molecule has 0 bridgehead atoms. The topological polar surface area (TPSA) is 75.6 Å². The number of hydrogen-bond acceptors (Lipinski definition) is 4. The smallest absolute Gasteiger partial charge is 0.191 e. The van der Waals surface area contributed by atoms with Crippen LogP contribution in [0.5, 0.6) is 5.75 Å². The summed E-state index contributed by atoms with van der Waals surface area (Å²) in [7, 11) is -0.724. The Morgan fingerprint density at radius 2 is 2.13 bits per heavy atom. The number of hydrogen-bond donors (Lipinski definition) is 2. The van der Waals surface area contributed by atoms with E-state index < -0.39 is 10.8 Å². The van der Waals surface area contributed by atoms with Crippen LogP contribution in [0.15, 0.2) is 53.7 Å². The minimum absolute atomic E-state index is 0.298. The number of nitrogens with zero attached hydrogens (tertiary/aromatic N) is 2. The molecule has 0 saturated heterocycles. The Hall–Kier alpha value is -2.41. The zero-order valence-corrected chi connectivity index (χ0v) is 19.4. The number of pyridine rings is 1. The zero-order valence-electron chi connectivity index (χ0n) is 18.5. The molecule has 3 rings (SSSR count). The van der Waals surface area contributed by atoms with Gasteiger partial charge in [-0.1, -0.05) is 31.5 Å². The summed E-state index contributed by atoms with van der Waals surface area (Å²) in [5.41, 5.74) is 1.99. The van der Waals surface area contributed by atoms with Crippen LogP contribution in [0.2, 0.25) is 0 Å². The molecule has 0 radical (unpaired) electrons. The SMILES string of the molecule is CCNC(=NCc1cccc(OCc2ccccn2)c1)NC1CCCC(S(=O)CC)C1. The molecular formula is C24H34N4O2S. The number of aromatic nitrogens is 1. The van der Waals surface area contributed by atoms with Crippen LogP contribution in [0.3, 0.4) is 0 Å². The highest BCUT2D eigenvalue weighted by Crippen LogP contribution is 2.23. The van der Waals surface area contributed by atoms with Crippen molar-refractivity contribution in [2.45, 2.75) is 64.0 Å². The van der Waals surface area contributed by atoms with Crippen molar-refractivity contribution in [1.29, 1.82) is 0 Å². The monoisotopic (exact) mass is 442 g/mol. The fourth-order valence-electron chi connectivity index (χ4n) is 3.81. The second-order valence-corrected chi connectivity index (χ2v) is 9.76. The first-order chi connectivity index (χ1) is 15.2. The lowest BCUT2D eigenvalue weighted by Crippen LogP contribution is -2.46. The fourth-order valence-corrected chi connectivity index (χ4v) is 5.16. The van der Waals surface area contributed by atoms with Gasteiger partial charge in [0.15, 0.2) is 5.96 Å². The van der Waals surface area contributed by atoms with Crippen LogP contribution in [0, 0.1) is 0 Å². The maximum atomic E-state index is 12.2. The van der Waals surface area contributed by atoms with E-state index in [2.05, 4.69) is 28.6 Å². The zero-order chi connectivity index (χ0) is 21.9. The predicted molar refractivity (Wildman–Crippen MR) is 128 cm³/mol. The molecule has 1 aliphatic rings. The standard InChI is InChI=1S/C24H34N4O2S/c1-3-25-24(28-20-11-8-13-23(16-20)31(29)4-2)27-17-19-9-7-12-22(15-19)30-18-21-10-5-6-14-26-21/h5-7,9-10,12,14-15,20,23H,3-4,8,11,13,16-18H2,1-2H3,(H2,25,27,28). The lowest BCUT2D eigenvalue weighted by Gasteiger charge is -2.30. The lowest BCUT2D eigenvalue weighted by atomic mass is 9.95. The second kappa shape index (κ2) is 12.4.